The minimum atomic E-state index is 0.673. The number of aromatic nitrogens is 1. The highest BCUT2D eigenvalue weighted by atomic mass is 16.5. The summed E-state index contributed by atoms with van der Waals surface area (Å²) in [6, 6.07) is 24.2. The normalized spacial score (nSPS) is 13.4. The van der Waals surface area contributed by atoms with Crippen molar-refractivity contribution in [2.45, 2.75) is 6.42 Å². The largest absolute Gasteiger partial charge is 0.497 e. The summed E-state index contributed by atoms with van der Waals surface area (Å²) in [6.07, 6.45) is 2.72. The number of hydrogen-bond donors (Lipinski definition) is 3. The van der Waals surface area contributed by atoms with E-state index < -0.39 is 0 Å². The van der Waals surface area contributed by atoms with Gasteiger partial charge in [-0.2, -0.15) is 0 Å². The molecule has 1 aliphatic rings. The smallest absolute Gasteiger partial charge is 0.125 e. The molecule has 0 radical (unpaired) electrons. The van der Waals surface area contributed by atoms with Crippen LogP contribution in [0.3, 0.4) is 0 Å². The topological polar surface area (TPSA) is 70.7 Å². The molecule has 1 aliphatic heterocycles. The van der Waals surface area contributed by atoms with E-state index in [-0.39, 0.29) is 0 Å². The number of aliphatic imine (C=N–C) groups is 1. The molecule has 0 amide bonds. The number of nitrogens with one attached hydrogen (secondary N) is 3. The van der Waals surface area contributed by atoms with Gasteiger partial charge in [-0.3, -0.25) is 10.9 Å². The highest BCUT2D eigenvalue weighted by Gasteiger charge is 2.19. The molecule has 2 heterocycles. The number of amidine groups is 1. The van der Waals surface area contributed by atoms with Crippen LogP contribution in [0.1, 0.15) is 16.7 Å². The molecule has 6 heteroatoms. The van der Waals surface area contributed by atoms with Gasteiger partial charge in [0.25, 0.3) is 0 Å². The number of methoxy groups -OCH3 is 2. The molecule has 0 atom stereocenters. The second-order valence-corrected chi connectivity index (χ2v) is 7.53. The van der Waals surface area contributed by atoms with Crippen LogP contribution in [0.4, 0.5) is 0 Å². The van der Waals surface area contributed by atoms with Gasteiger partial charge in [0.1, 0.15) is 17.3 Å². The van der Waals surface area contributed by atoms with E-state index in [0.717, 1.165) is 45.4 Å². The number of para-hydroxylation sites is 1. The van der Waals surface area contributed by atoms with Gasteiger partial charge in [-0.1, -0.05) is 18.2 Å². The number of rotatable bonds is 6. The Morgan fingerprint density at radius 2 is 1.41 bits per heavy atom. The molecular formula is C26H24N4O2. The average Bonchev–Trinajstić information content (AvgIpc) is 3.27. The van der Waals surface area contributed by atoms with Crippen LogP contribution in [0.5, 0.6) is 11.5 Å². The summed E-state index contributed by atoms with van der Waals surface area (Å²) in [7, 11) is 3.33. The van der Waals surface area contributed by atoms with Crippen molar-refractivity contribution in [3.63, 3.8) is 0 Å². The highest BCUT2D eigenvalue weighted by molar-refractivity contribution is 6.01. The Bertz CT molecular complexity index is 1300. The number of H-pyrrole nitrogens is 1. The van der Waals surface area contributed by atoms with Crippen molar-refractivity contribution < 1.29 is 9.47 Å². The maximum Gasteiger partial charge on any atom is 0.125 e. The summed E-state index contributed by atoms with van der Waals surface area (Å²) in [5, 5.41) is 1.20. The van der Waals surface area contributed by atoms with Gasteiger partial charge in [0.05, 0.1) is 25.6 Å². The van der Waals surface area contributed by atoms with Crippen LogP contribution >= 0.6 is 0 Å². The number of nitrogens with zero attached hydrogens (tertiary/aromatic N) is 1. The molecule has 32 heavy (non-hydrogen) atoms. The standard InChI is InChI=1S/C26H24N4O2/c1-31-20-11-7-17(8-12-20)25-26(18-9-13-21(32-2)14-10-18)30-29-24(28-25)15-19-16-27-23-6-4-3-5-22(19)23/h3-14,16,27,30H,15H2,1-2H3,(H,28,29). The average molecular weight is 425 g/mol. The molecule has 0 fully saturated rings. The van der Waals surface area contributed by atoms with Gasteiger partial charge in [0, 0.05) is 34.6 Å². The monoisotopic (exact) mass is 424 g/mol. The number of fused-ring (bicyclic) bond motifs is 1. The summed E-state index contributed by atoms with van der Waals surface area (Å²) in [4.78, 5) is 8.36. The van der Waals surface area contributed by atoms with Crippen LogP contribution < -0.4 is 20.3 Å². The molecule has 0 aliphatic carbocycles. The van der Waals surface area contributed by atoms with Gasteiger partial charge in [-0.25, -0.2) is 4.99 Å². The van der Waals surface area contributed by atoms with Gasteiger partial charge in [-0.15, -0.1) is 0 Å². The van der Waals surface area contributed by atoms with Crippen LogP contribution in [0.15, 0.2) is 84.0 Å². The zero-order chi connectivity index (χ0) is 21.9. The quantitative estimate of drug-likeness (QED) is 0.417. The van der Waals surface area contributed by atoms with Gasteiger partial charge in [-0.05, 0) is 60.2 Å². The Balaban J connectivity index is 1.56. The summed E-state index contributed by atoms with van der Waals surface area (Å²) in [5.74, 6) is 2.47. The molecule has 0 saturated carbocycles. The summed E-state index contributed by atoms with van der Waals surface area (Å²) in [5.41, 5.74) is 12.8. The first-order valence-corrected chi connectivity index (χ1v) is 10.4. The first-order valence-electron chi connectivity index (χ1n) is 10.4. The molecule has 0 bridgehead atoms. The Morgan fingerprint density at radius 1 is 0.750 bits per heavy atom. The van der Waals surface area contributed by atoms with Gasteiger partial charge in [0.15, 0.2) is 0 Å². The van der Waals surface area contributed by atoms with E-state index in [4.69, 9.17) is 14.5 Å². The number of hydrazine groups is 1. The third kappa shape index (κ3) is 3.78. The molecule has 3 N–H and O–H groups in total. The van der Waals surface area contributed by atoms with Crippen molar-refractivity contribution in [3.05, 3.63) is 95.7 Å². The van der Waals surface area contributed by atoms with Gasteiger partial charge >= 0.3 is 0 Å². The Labute approximate surface area is 186 Å². The fourth-order valence-corrected chi connectivity index (χ4v) is 3.88. The van der Waals surface area contributed by atoms with Gasteiger partial charge in [0.2, 0.25) is 0 Å². The third-order valence-electron chi connectivity index (χ3n) is 5.59. The van der Waals surface area contributed by atoms with E-state index in [1.807, 2.05) is 60.8 Å². The lowest BCUT2D eigenvalue weighted by atomic mass is 10.0. The zero-order valence-corrected chi connectivity index (χ0v) is 18.0. The van der Waals surface area contributed by atoms with E-state index in [1.165, 1.54) is 10.9 Å². The molecule has 0 saturated heterocycles. The zero-order valence-electron chi connectivity index (χ0n) is 18.0. The number of hydrogen-bond acceptors (Lipinski definition) is 5. The lowest BCUT2D eigenvalue weighted by Gasteiger charge is -2.23. The Hall–Kier alpha value is -4.19. The molecular weight excluding hydrogens is 400 g/mol. The lowest BCUT2D eigenvalue weighted by Crippen LogP contribution is -2.40. The van der Waals surface area contributed by atoms with Gasteiger partial charge < -0.3 is 14.5 Å². The molecule has 4 aromatic rings. The van der Waals surface area contributed by atoms with Crippen LogP contribution in [-0.4, -0.2) is 25.0 Å². The van der Waals surface area contributed by atoms with Crippen molar-refractivity contribution in [3.8, 4) is 11.5 Å². The van der Waals surface area contributed by atoms with E-state index in [0.29, 0.717) is 6.42 Å². The van der Waals surface area contributed by atoms with Crippen LogP contribution in [-0.2, 0) is 6.42 Å². The van der Waals surface area contributed by atoms with Crippen molar-refractivity contribution in [2.24, 2.45) is 4.99 Å². The second kappa shape index (κ2) is 8.51. The predicted octanol–water partition coefficient (Wildman–Crippen LogP) is 4.76. The molecule has 160 valence electrons. The lowest BCUT2D eigenvalue weighted by molar-refractivity contribution is 0.414. The highest BCUT2D eigenvalue weighted by Crippen LogP contribution is 2.30. The molecule has 1 aromatic heterocycles. The fourth-order valence-electron chi connectivity index (χ4n) is 3.88. The second-order valence-electron chi connectivity index (χ2n) is 7.53. The van der Waals surface area contributed by atoms with Crippen LogP contribution in [0.25, 0.3) is 22.3 Å². The minimum Gasteiger partial charge on any atom is -0.497 e. The molecule has 3 aromatic carbocycles. The Kier molecular flexibility index (Phi) is 5.25. The van der Waals surface area contributed by atoms with Crippen molar-refractivity contribution in [2.75, 3.05) is 14.2 Å². The first-order chi connectivity index (χ1) is 15.7. The fraction of sp³-hybridized carbons (Fsp3) is 0.115. The third-order valence-corrected chi connectivity index (χ3v) is 5.59. The number of ether oxygens (including phenoxy) is 2. The van der Waals surface area contributed by atoms with Crippen molar-refractivity contribution in [1.82, 2.24) is 15.8 Å². The minimum absolute atomic E-state index is 0.673. The first kappa shape index (κ1) is 19.8. The molecule has 0 spiro atoms. The number of aromatic amines is 1. The predicted molar refractivity (Wildman–Crippen MR) is 129 cm³/mol. The molecule has 0 unspecified atom stereocenters. The van der Waals surface area contributed by atoms with E-state index >= 15 is 0 Å². The van der Waals surface area contributed by atoms with Crippen molar-refractivity contribution >= 4 is 28.1 Å². The van der Waals surface area contributed by atoms with E-state index in [2.05, 4.69) is 34.0 Å². The summed E-state index contributed by atoms with van der Waals surface area (Å²) in [6.45, 7) is 0. The van der Waals surface area contributed by atoms with E-state index in [9.17, 15) is 0 Å². The summed E-state index contributed by atoms with van der Waals surface area (Å²) < 4.78 is 10.6. The van der Waals surface area contributed by atoms with Crippen LogP contribution in [0, 0.1) is 0 Å². The SMILES string of the molecule is COc1ccc(C2=C(c3ccc(OC)cc3)NNC(Cc3c[nH]c4ccccc34)=N2)cc1. The molecule has 5 rings (SSSR count). The van der Waals surface area contributed by atoms with Crippen molar-refractivity contribution in [1.29, 1.82) is 0 Å². The Morgan fingerprint density at radius 3 is 2.09 bits per heavy atom. The van der Waals surface area contributed by atoms with Crippen LogP contribution in [0.2, 0.25) is 0 Å². The number of benzene rings is 3. The van der Waals surface area contributed by atoms with E-state index in [1.54, 1.807) is 14.2 Å². The molecule has 6 nitrogen and oxygen atoms in total. The maximum absolute atomic E-state index is 5.33. The summed E-state index contributed by atoms with van der Waals surface area (Å²) >= 11 is 0. The maximum atomic E-state index is 5.33.